The smallest absolute Gasteiger partial charge is 0.306 e. The molecule has 0 radical (unpaired) electrons. The number of rotatable bonds is 7. The molecular formula is C12H19N3O4. The average Bonchev–Trinajstić information content (AvgIpc) is 2.62. The zero-order valence-corrected chi connectivity index (χ0v) is 11.3. The van der Waals surface area contributed by atoms with Gasteiger partial charge in [0, 0.05) is 19.3 Å². The Balaban J connectivity index is 2.43. The number of carboxylic acids is 1. The number of aliphatic carboxylic acids is 1. The van der Waals surface area contributed by atoms with Gasteiger partial charge in [-0.1, -0.05) is 0 Å². The van der Waals surface area contributed by atoms with Gasteiger partial charge >= 0.3 is 5.97 Å². The highest BCUT2D eigenvalue weighted by molar-refractivity contribution is 5.75. The molecule has 0 saturated heterocycles. The van der Waals surface area contributed by atoms with Crippen LogP contribution in [0.15, 0.2) is 6.07 Å². The molecular weight excluding hydrogens is 250 g/mol. The Morgan fingerprint density at radius 1 is 1.53 bits per heavy atom. The molecule has 1 atom stereocenters. The normalized spacial score (nSPS) is 12.2. The van der Waals surface area contributed by atoms with Crippen molar-refractivity contribution < 1.29 is 19.4 Å². The van der Waals surface area contributed by atoms with Crippen molar-refractivity contribution in [3.05, 3.63) is 17.5 Å². The molecule has 0 bridgehead atoms. The van der Waals surface area contributed by atoms with Crippen molar-refractivity contribution in [1.29, 1.82) is 0 Å². The van der Waals surface area contributed by atoms with Gasteiger partial charge < -0.3 is 15.2 Å². The number of nitrogens with one attached hydrogen (secondary N) is 1. The van der Waals surface area contributed by atoms with E-state index in [1.807, 2.05) is 19.9 Å². The lowest BCUT2D eigenvalue weighted by Crippen LogP contribution is -2.36. The van der Waals surface area contributed by atoms with Gasteiger partial charge in [0.2, 0.25) is 5.91 Å². The first kappa shape index (κ1) is 15.2. The van der Waals surface area contributed by atoms with E-state index in [0.29, 0.717) is 0 Å². The molecule has 7 heteroatoms. The number of carboxylic acid groups (broad SMARTS) is 1. The highest BCUT2D eigenvalue weighted by Gasteiger charge is 2.14. The Hall–Kier alpha value is -1.89. The lowest BCUT2D eigenvalue weighted by Gasteiger charge is -2.14. The number of nitrogens with zero attached hydrogens (tertiary/aromatic N) is 2. The van der Waals surface area contributed by atoms with Crippen LogP contribution in [0.3, 0.4) is 0 Å². The highest BCUT2D eigenvalue weighted by atomic mass is 16.5. The van der Waals surface area contributed by atoms with Crippen molar-refractivity contribution in [2.75, 3.05) is 13.7 Å². The predicted octanol–water partition coefficient (Wildman–Crippen LogP) is 0.106. The van der Waals surface area contributed by atoms with E-state index in [4.69, 9.17) is 9.84 Å². The molecule has 1 heterocycles. The summed E-state index contributed by atoms with van der Waals surface area (Å²) in [5.41, 5.74) is 1.76. The van der Waals surface area contributed by atoms with Crippen LogP contribution in [-0.2, 0) is 20.9 Å². The molecule has 0 saturated carbocycles. The van der Waals surface area contributed by atoms with Gasteiger partial charge in [0.25, 0.3) is 0 Å². The number of aryl methyl sites for hydroxylation is 2. The Labute approximate surface area is 111 Å². The van der Waals surface area contributed by atoms with Crippen LogP contribution in [-0.4, -0.2) is 46.5 Å². The SMILES string of the molecule is COC(CNC(=O)Cn1nc(C)cc1C)CC(=O)O. The number of carbonyl (C=O) groups is 2. The molecule has 1 aromatic heterocycles. The standard InChI is InChI=1S/C12H19N3O4/c1-8-4-9(2)15(14-8)7-11(16)13-6-10(19-3)5-12(17)18/h4,10H,5-7H2,1-3H3,(H,13,16)(H,17,18). The summed E-state index contributed by atoms with van der Waals surface area (Å²) in [5.74, 6) is -1.18. The fourth-order valence-electron chi connectivity index (χ4n) is 1.69. The molecule has 0 fully saturated rings. The zero-order chi connectivity index (χ0) is 14.4. The maximum Gasteiger partial charge on any atom is 0.306 e. The summed E-state index contributed by atoms with van der Waals surface area (Å²) in [6.07, 6.45) is -0.668. The largest absolute Gasteiger partial charge is 0.481 e. The van der Waals surface area contributed by atoms with E-state index < -0.39 is 12.1 Å². The Morgan fingerprint density at radius 3 is 2.68 bits per heavy atom. The van der Waals surface area contributed by atoms with Crippen molar-refractivity contribution in [3.8, 4) is 0 Å². The number of methoxy groups -OCH3 is 1. The minimum Gasteiger partial charge on any atom is -0.481 e. The minimum atomic E-state index is -0.959. The monoisotopic (exact) mass is 269 g/mol. The van der Waals surface area contributed by atoms with Crippen molar-refractivity contribution >= 4 is 11.9 Å². The quantitative estimate of drug-likeness (QED) is 0.732. The summed E-state index contributed by atoms with van der Waals surface area (Å²) < 4.78 is 6.57. The van der Waals surface area contributed by atoms with Gasteiger partial charge in [0.15, 0.2) is 0 Å². The summed E-state index contributed by atoms with van der Waals surface area (Å²) >= 11 is 0. The van der Waals surface area contributed by atoms with Crippen LogP contribution in [0.5, 0.6) is 0 Å². The average molecular weight is 269 g/mol. The van der Waals surface area contributed by atoms with Gasteiger partial charge in [-0.05, 0) is 19.9 Å². The first-order chi connectivity index (χ1) is 8.92. The second-order valence-electron chi connectivity index (χ2n) is 4.34. The second-order valence-corrected chi connectivity index (χ2v) is 4.34. The van der Waals surface area contributed by atoms with Crippen LogP contribution in [0.2, 0.25) is 0 Å². The molecule has 0 aromatic carbocycles. The van der Waals surface area contributed by atoms with Crippen LogP contribution in [0, 0.1) is 13.8 Å². The maximum absolute atomic E-state index is 11.7. The summed E-state index contributed by atoms with van der Waals surface area (Å²) in [6, 6.07) is 1.88. The van der Waals surface area contributed by atoms with Crippen molar-refractivity contribution in [2.24, 2.45) is 0 Å². The Morgan fingerprint density at radius 2 is 2.21 bits per heavy atom. The lowest BCUT2D eigenvalue weighted by atomic mass is 10.2. The van der Waals surface area contributed by atoms with Crippen LogP contribution in [0.1, 0.15) is 17.8 Å². The van der Waals surface area contributed by atoms with E-state index in [0.717, 1.165) is 11.4 Å². The van der Waals surface area contributed by atoms with Crippen molar-refractivity contribution in [3.63, 3.8) is 0 Å². The molecule has 0 spiro atoms. The summed E-state index contributed by atoms with van der Waals surface area (Å²) in [5, 5.41) is 15.5. The van der Waals surface area contributed by atoms with Gasteiger partial charge in [-0.25, -0.2) is 0 Å². The van der Waals surface area contributed by atoms with Crippen LogP contribution < -0.4 is 5.32 Å². The zero-order valence-electron chi connectivity index (χ0n) is 11.3. The first-order valence-electron chi connectivity index (χ1n) is 5.94. The number of carbonyl (C=O) groups excluding carboxylic acids is 1. The van der Waals surface area contributed by atoms with E-state index >= 15 is 0 Å². The molecule has 0 aliphatic heterocycles. The third kappa shape index (κ3) is 5.09. The molecule has 19 heavy (non-hydrogen) atoms. The molecule has 2 N–H and O–H groups in total. The fourth-order valence-corrected chi connectivity index (χ4v) is 1.69. The number of aromatic nitrogens is 2. The highest BCUT2D eigenvalue weighted by Crippen LogP contribution is 2.01. The van der Waals surface area contributed by atoms with E-state index in [1.54, 1.807) is 4.68 Å². The molecule has 0 aliphatic carbocycles. The molecule has 106 valence electrons. The van der Waals surface area contributed by atoms with Gasteiger partial charge in [-0.3, -0.25) is 14.3 Å². The third-order valence-electron chi connectivity index (χ3n) is 2.66. The van der Waals surface area contributed by atoms with Gasteiger partial charge in [0.05, 0.1) is 18.2 Å². The van der Waals surface area contributed by atoms with E-state index in [1.165, 1.54) is 7.11 Å². The number of amides is 1. The first-order valence-corrected chi connectivity index (χ1v) is 5.94. The number of ether oxygens (including phenoxy) is 1. The van der Waals surface area contributed by atoms with E-state index in [-0.39, 0.29) is 25.4 Å². The topological polar surface area (TPSA) is 93.5 Å². The lowest BCUT2D eigenvalue weighted by molar-refractivity contribution is -0.140. The molecule has 1 aromatic rings. The summed E-state index contributed by atoms with van der Waals surface area (Å²) in [7, 11) is 1.42. The van der Waals surface area contributed by atoms with Crippen LogP contribution >= 0.6 is 0 Å². The molecule has 1 amide bonds. The summed E-state index contributed by atoms with van der Waals surface area (Å²) in [4.78, 5) is 22.3. The molecule has 0 aliphatic rings. The van der Waals surface area contributed by atoms with Gasteiger partial charge in [-0.15, -0.1) is 0 Å². The minimum absolute atomic E-state index is 0.114. The summed E-state index contributed by atoms with van der Waals surface area (Å²) in [6.45, 7) is 4.01. The van der Waals surface area contributed by atoms with Crippen molar-refractivity contribution in [2.45, 2.75) is 32.9 Å². The fraction of sp³-hybridized carbons (Fsp3) is 0.583. The number of hydrogen-bond acceptors (Lipinski definition) is 4. The second kappa shape index (κ2) is 6.89. The molecule has 1 rings (SSSR count). The van der Waals surface area contributed by atoms with Crippen LogP contribution in [0.4, 0.5) is 0 Å². The predicted molar refractivity (Wildman–Crippen MR) is 67.8 cm³/mol. The molecule has 1 unspecified atom stereocenters. The Bertz CT molecular complexity index is 456. The number of hydrogen-bond donors (Lipinski definition) is 2. The maximum atomic E-state index is 11.7. The van der Waals surface area contributed by atoms with Crippen molar-refractivity contribution in [1.82, 2.24) is 15.1 Å². The van der Waals surface area contributed by atoms with E-state index in [2.05, 4.69) is 10.4 Å². The van der Waals surface area contributed by atoms with Gasteiger partial charge in [-0.2, -0.15) is 5.10 Å². The molecule has 7 nitrogen and oxygen atoms in total. The van der Waals surface area contributed by atoms with Gasteiger partial charge in [0.1, 0.15) is 6.54 Å². The Kier molecular flexibility index (Phi) is 5.50. The van der Waals surface area contributed by atoms with Crippen LogP contribution in [0.25, 0.3) is 0 Å². The van der Waals surface area contributed by atoms with E-state index in [9.17, 15) is 9.59 Å². The third-order valence-corrected chi connectivity index (χ3v) is 2.66.